The normalized spacial score (nSPS) is 14.1. The molecule has 1 atom stereocenters. The van der Waals surface area contributed by atoms with Gasteiger partial charge in [-0.05, 0) is 38.8 Å². The minimum Gasteiger partial charge on any atom is -0.316 e. The van der Waals surface area contributed by atoms with E-state index >= 15 is 0 Å². The molecule has 1 rings (SSSR count). The van der Waals surface area contributed by atoms with Crippen molar-refractivity contribution in [1.82, 2.24) is 5.32 Å². The summed E-state index contributed by atoms with van der Waals surface area (Å²) in [5.41, 5.74) is 8.28. The molecule has 2 nitrogen and oxygen atoms in total. The van der Waals surface area contributed by atoms with E-state index in [1.165, 1.54) is 11.1 Å². The zero-order valence-electron chi connectivity index (χ0n) is 9.46. The molecule has 0 aliphatic heterocycles. The molecule has 0 heterocycles. The molecule has 1 unspecified atom stereocenters. The van der Waals surface area contributed by atoms with Gasteiger partial charge in [-0.2, -0.15) is 0 Å². The molecule has 3 N–H and O–H groups in total. The molecule has 0 fully saturated rings. The second-order valence-corrected chi connectivity index (χ2v) is 4.37. The Bertz CT molecular complexity index is 303. The van der Waals surface area contributed by atoms with Crippen LogP contribution >= 0.6 is 0 Å². The van der Waals surface area contributed by atoms with Gasteiger partial charge in [0.1, 0.15) is 0 Å². The average Bonchev–Trinajstić information content (AvgIpc) is 2.02. The number of hydrogen-bond acceptors (Lipinski definition) is 2. The van der Waals surface area contributed by atoms with Crippen LogP contribution in [-0.4, -0.2) is 6.17 Å². The van der Waals surface area contributed by atoms with Crippen molar-refractivity contribution in [1.29, 1.82) is 0 Å². The summed E-state index contributed by atoms with van der Waals surface area (Å²) in [5.74, 6) is 0. The molecule has 0 radical (unpaired) electrons. The molecule has 1 aromatic carbocycles. The van der Waals surface area contributed by atoms with Gasteiger partial charge in [-0.3, -0.25) is 5.32 Å². The van der Waals surface area contributed by atoms with E-state index in [0.29, 0.717) is 0 Å². The van der Waals surface area contributed by atoms with Gasteiger partial charge < -0.3 is 5.73 Å². The molecule has 0 aliphatic carbocycles. The van der Waals surface area contributed by atoms with Crippen LogP contribution in [-0.2, 0) is 5.54 Å². The second-order valence-electron chi connectivity index (χ2n) is 4.37. The van der Waals surface area contributed by atoms with Gasteiger partial charge in [0.05, 0.1) is 6.17 Å². The van der Waals surface area contributed by atoms with E-state index < -0.39 is 0 Å². The topological polar surface area (TPSA) is 38.0 Å². The third kappa shape index (κ3) is 2.56. The van der Waals surface area contributed by atoms with Crippen LogP contribution in [0.4, 0.5) is 0 Å². The van der Waals surface area contributed by atoms with Crippen molar-refractivity contribution in [3.8, 4) is 0 Å². The molecule has 2 heteroatoms. The van der Waals surface area contributed by atoms with Gasteiger partial charge >= 0.3 is 0 Å². The maximum Gasteiger partial charge on any atom is 0.0523 e. The predicted octanol–water partition coefficient (Wildman–Crippen LogP) is 2.12. The highest BCUT2D eigenvalue weighted by Gasteiger charge is 2.22. The van der Waals surface area contributed by atoms with E-state index in [0.717, 1.165) is 0 Å². The standard InChI is InChI=1S/C12H20N2/c1-9-7-5-6-8-11(9)12(3,4)14-10(2)13/h5-8,10,14H,13H2,1-4H3. The van der Waals surface area contributed by atoms with Gasteiger partial charge in [-0.15, -0.1) is 0 Å². The molecule has 0 saturated carbocycles. The van der Waals surface area contributed by atoms with Gasteiger partial charge in [0.2, 0.25) is 0 Å². The van der Waals surface area contributed by atoms with E-state index in [9.17, 15) is 0 Å². The number of hydrogen-bond donors (Lipinski definition) is 2. The van der Waals surface area contributed by atoms with Crippen molar-refractivity contribution in [2.75, 3.05) is 0 Å². The summed E-state index contributed by atoms with van der Waals surface area (Å²) in [6, 6.07) is 8.39. The zero-order chi connectivity index (χ0) is 10.8. The minimum absolute atomic E-state index is 0.00426. The Hall–Kier alpha value is -0.860. The van der Waals surface area contributed by atoms with Crippen molar-refractivity contribution >= 4 is 0 Å². The summed E-state index contributed by atoms with van der Waals surface area (Å²) in [4.78, 5) is 0. The van der Waals surface area contributed by atoms with E-state index in [1.807, 2.05) is 6.92 Å². The highest BCUT2D eigenvalue weighted by molar-refractivity contribution is 5.31. The van der Waals surface area contributed by atoms with E-state index in [-0.39, 0.29) is 11.7 Å². The van der Waals surface area contributed by atoms with Crippen LogP contribution < -0.4 is 11.1 Å². The molecular weight excluding hydrogens is 172 g/mol. The van der Waals surface area contributed by atoms with E-state index in [2.05, 4.69) is 50.4 Å². The largest absolute Gasteiger partial charge is 0.316 e. The average molecular weight is 192 g/mol. The number of nitrogens with one attached hydrogen (secondary N) is 1. The fourth-order valence-electron chi connectivity index (χ4n) is 1.92. The van der Waals surface area contributed by atoms with Gasteiger partial charge in [0.15, 0.2) is 0 Å². The molecule has 14 heavy (non-hydrogen) atoms. The number of benzene rings is 1. The van der Waals surface area contributed by atoms with Crippen LogP contribution in [0.3, 0.4) is 0 Å². The van der Waals surface area contributed by atoms with Crippen molar-refractivity contribution < 1.29 is 0 Å². The van der Waals surface area contributed by atoms with Crippen LogP contribution in [0.15, 0.2) is 24.3 Å². The van der Waals surface area contributed by atoms with Gasteiger partial charge in [0, 0.05) is 5.54 Å². The Morgan fingerprint density at radius 2 is 1.86 bits per heavy atom. The minimum atomic E-state index is -0.0699. The van der Waals surface area contributed by atoms with Crippen LogP contribution in [0, 0.1) is 6.92 Å². The zero-order valence-corrected chi connectivity index (χ0v) is 9.46. The second kappa shape index (κ2) is 4.11. The summed E-state index contributed by atoms with van der Waals surface area (Å²) < 4.78 is 0. The van der Waals surface area contributed by atoms with Crippen LogP contribution in [0.25, 0.3) is 0 Å². The SMILES string of the molecule is Cc1ccccc1C(C)(C)NC(C)N. The fraction of sp³-hybridized carbons (Fsp3) is 0.500. The number of rotatable bonds is 3. The first-order valence-electron chi connectivity index (χ1n) is 5.03. The Morgan fingerprint density at radius 3 is 2.36 bits per heavy atom. The van der Waals surface area contributed by atoms with Crippen LogP contribution in [0.1, 0.15) is 31.9 Å². The quantitative estimate of drug-likeness (QED) is 0.720. The third-order valence-electron chi connectivity index (χ3n) is 2.41. The van der Waals surface area contributed by atoms with Crippen molar-refractivity contribution in [3.63, 3.8) is 0 Å². The third-order valence-corrected chi connectivity index (χ3v) is 2.41. The molecule has 1 aromatic rings. The molecule has 0 bridgehead atoms. The Morgan fingerprint density at radius 1 is 1.29 bits per heavy atom. The molecule has 0 aromatic heterocycles. The molecule has 0 saturated heterocycles. The highest BCUT2D eigenvalue weighted by atomic mass is 15.1. The van der Waals surface area contributed by atoms with Crippen molar-refractivity contribution in [2.24, 2.45) is 5.73 Å². The van der Waals surface area contributed by atoms with Gasteiger partial charge in [-0.1, -0.05) is 24.3 Å². The molecule has 0 spiro atoms. The molecular formula is C12H20N2. The summed E-state index contributed by atoms with van der Waals surface area (Å²) in [6.45, 7) is 8.39. The lowest BCUT2D eigenvalue weighted by atomic mass is 9.90. The first-order valence-corrected chi connectivity index (χ1v) is 5.03. The van der Waals surface area contributed by atoms with Crippen LogP contribution in [0.2, 0.25) is 0 Å². The summed E-state index contributed by atoms with van der Waals surface area (Å²) in [6.07, 6.45) is 0.00426. The lowest BCUT2D eigenvalue weighted by Crippen LogP contribution is -2.46. The maximum absolute atomic E-state index is 5.75. The molecule has 0 aliphatic rings. The Labute approximate surface area is 86.5 Å². The molecule has 78 valence electrons. The lowest BCUT2D eigenvalue weighted by Gasteiger charge is -2.30. The van der Waals surface area contributed by atoms with E-state index in [1.54, 1.807) is 0 Å². The smallest absolute Gasteiger partial charge is 0.0523 e. The van der Waals surface area contributed by atoms with Crippen molar-refractivity contribution in [2.45, 2.75) is 39.4 Å². The highest BCUT2D eigenvalue weighted by Crippen LogP contribution is 2.23. The van der Waals surface area contributed by atoms with Gasteiger partial charge in [0.25, 0.3) is 0 Å². The number of aryl methyl sites for hydroxylation is 1. The summed E-state index contributed by atoms with van der Waals surface area (Å²) in [7, 11) is 0. The van der Waals surface area contributed by atoms with E-state index in [4.69, 9.17) is 5.73 Å². The fourth-order valence-corrected chi connectivity index (χ4v) is 1.92. The molecule has 0 amide bonds. The summed E-state index contributed by atoms with van der Waals surface area (Å²) >= 11 is 0. The van der Waals surface area contributed by atoms with Crippen LogP contribution in [0.5, 0.6) is 0 Å². The Balaban J connectivity index is 2.97. The van der Waals surface area contributed by atoms with Gasteiger partial charge in [-0.25, -0.2) is 0 Å². The number of nitrogens with two attached hydrogens (primary N) is 1. The van der Waals surface area contributed by atoms with Crippen molar-refractivity contribution in [3.05, 3.63) is 35.4 Å². The lowest BCUT2D eigenvalue weighted by molar-refractivity contribution is 0.356. The first kappa shape index (κ1) is 11.2. The predicted molar refractivity (Wildman–Crippen MR) is 61.0 cm³/mol. The Kier molecular flexibility index (Phi) is 3.29. The maximum atomic E-state index is 5.75. The first-order chi connectivity index (χ1) is 6.43. The monoisotopic (exact) mass is 192 g/mol. The summed E-state index contributed by atoms with van der Waals surface area (Å²) in [5, 5.41) is 3.35.